The first-order chi connectivity index (χ1) is 14.3. The number of carbonyl (C=O) groups is 2. The lowest BCUT2D eigenvalue weighted by molar-refractivity contribution is 0.00578. The molecule has 0 aromatic heterocycles. The second-order valence-corrected chi connectivity index (χ2v) is 9.62. The molecule has 2 aliphatic heterocycles. The van der Waals surface area contributed by atoms with Crippen LogP contribution in [0.2, 0.25) is 0 Å². The number of hydrogen-bond acceptors (Lipinski definition) is 7. The Kier molecular flexibility index (Phi) is 6.13. The van der Waals surface area contributed by atoms with Crippen molar-refractivity contribution in [3.05, 3.63) is 28.7 Å². The van der Waals surface area contributed by atoms with E-state index in [-0.39, 0.29) is 13.3 Å². The van der Waals surface area contributed by atoms with Crippen LogP contribution in [0.4, 0.5) is 4.79 Å². The largest absolute Gasteiger partial charge is 0.492 e. The Hall–Kier alpha value is -2.52. The molecule has 3 rings (SSSR count). The van der Waals surface area contributed by atoms with Crippen molar-refractivity contribution in [3.63, 3.8) is 0 Å². The summed E-state index contributed by atoms with van der Waals surface area (Å²) in [5.74, 6) is 1.06. The number of fused-ring (bicyclic) bond motifs is 1. The number of carbonyl (C=O) groups excluding carboxylic acids is 2. The Morgan fingerprint density at radius 1 is 1.10 bits per heavy atom. The quantitative estimate of drug-likeness (QED) is 0.561. The van der Waals surface area contributed by atoms with Crippen LogP contribution in [0.15, 0.2) is 17.6 Å². The molecule has 1 N–H and O–H groups in total. The zero-order chi connectivity index (χ0) is 23.0. The van der Waals surface area contributed by atoms with Gasteiger partial charge in [0.05, 0.1) is 11.2 Å². The van der Waals surface area contributed by atoms with Gasteiger partial charge >= 0.3 is 13.2 Å². The fourth-order valence-electron chi connectivity index (χ4n) is 3.09. The zero-order valence-electron chi connectivity index (χ0n) is 19.2. The van der Waals surface area contributed by atoms with Crippen LogP contribution in [0, 0.1) is 0 Å². The third-order valence-electron chi connectivity index (χ3n) is 5.44. The van der Waals surface area contributed by atoms with Gasteiger partial charge in [0.25, 0.3) is 0 Å². The van der Waals surface area contributed by atoms with E-state index in [1.165, 1.54) is 0 Å². The van der Waals surface area contributed by atoms with Crippen molar-refractivity contribution in [1.29, 1.82) is 0 Å². The fourth-order valence-corrected chi connectivity index (χ4v) is 3.09. The van der Waals surface area contributed by atoms with Crippen molar-refractivity contribution in [1.82, 2.24) is 5.32 Å². The average molecular weight is 431 g/mol. The number of benzene rings is 1. The molecule has 31 heavy (non-hydrogen) atoms. The third kappa shape index (κ3) is 5.22. The number of hydrogen-bond donors (Lipinski definition) is 1. The van der Waals surface area contributed by atoms with Gasteiger partial charge in [0, 0.05) is 12.1 Å². The van der Waals surface area contributed by atoms with Gasteiger partial charge in [-0.2, -0.15) is 0 Å². The van der Waals surface area contributed by atoms with E-state index in [4.69, 9.17) is 23.5 Å². The summed E-state index contributed by atoms with van der Waals surface area (Å²) in [6.07, 6.45) is 1.96. The highest BCUT2D eigenvalue weighted by Crippen LogP contribution is 2.40. The highest BCUT2D eigenvalue weighted by molar-refractivity contribution is 6.56. The lowest BCUT2D eigenvalue weighted by atomic mass is 9.76. The van der Waals surface area contributed by atoms with E-state index in [1.807, 2.05) is 27.7 Å². The molecule has 1 fully saturated rings. The minimum atomic E-state index is -0.718. The second-order valence-electron chi connectivity index (χ2n) is 9.62. The molecule has 8 nitrogen and oxygen atoms in total. The Bertz CT molecular complexity index is 886. The molecule has 0 atom stereocenters. The molecule has 9 heteroatoms. The van der Waals surface area contributed by atoms with E-state index in [2.05, 4.69) is 5.32 Å². The normalized spacial score (nSPS) is 19.3. The highest BCUT2D eigenvalue weighted by atomic mass is 16.7. The van der Waals surface area contributed by atoms with Crippen molar-refractivity contribution >= 4 is 25.6 Å². The summed E-state index contributed by atoms with van der Waals surface area (Å²) < 4.78 is 28.5. The van der Waals surface area contributed by atoms with Gasteiger partial charge < -0.3 is 28.8 Å². The van der Waals surface area contributed by atoms with Crippen molar-refractivity contribution in [3.8, 4) is 11.5 Å². The van der Waals surface area contributed by atoms with Crippen LogP contribution < -0.4 is 14.8 Å². The molecule has 168 valence electrons. The summed E-state index contributed by atoms with van der Waals surface area (Å²) in [6, 6.07) is 3.36. The molecular weight excluding hydrogens is 401 g/mol. The molecule has 1 aromatic rings. The van der Waals surface area contributed by atoms with E-state index >= 15 is 0 Å². The summed E-state index contributed by atoms with van der Waals surface area (Å²) in [7, 11) is -0.718. The van der Waals surface area contributed by atoms with E-state index in [1.54, 1.807) is 39.0 Å². The van der Waals surface area contributed by atoms with Gasteiger partial charge in [-0.3, -0.25) is 4.79 Å². The first-order valence-corrected chi connectivity index (χ1v) is 10.2. The molecule has 0 unspecified atom stereocenters. The SMILES string of the molecule is CC(C)(C)OC(=O)NCC(=Cc1cc2c(cc1C=O)OCO2)B1OC(C)(C)C(C)(C)O1. The van der Waals surface area contributed by atoms with Gasteiger partial charge in [-0.05, 0) is 71.6 Å². The van der Waals surface area contributed by atoms with Crippen LogP contribution in [-0.4, -0.2) is 49.6 Å². The standard InChI is InChI=1S/C22H30BNO7/c1-20(2,3)29-19(26)24-11-16(23-30-21(4,5)22(6,7)31-23)8-14-9-17-18(28-13-27-17)10-15(14)12-25/h8-10,12H,11,13H2,1-7H3,(H,24,26). The van der Waals surface area contributed by atoms with E-state index in [0.717, 1.165) is 6.29 Å². The summed E-state index contributed by atoms with van der Waals surface area (Å²) in [5.41, 5.74) is -0.0897. The van der Waals surface area contributed by atoms with Crippen LogP contribution >= 0.6 is 0 Å². The topological polar surface area (TPSA) is 92.3 Å². The Balaban J connectivity index is 1.93. The Labute approximate surface area is 183 Å². The van der Waals surface area contributed by atoms with Crippen LogP contribution in [0.25, 0.3) is 6.08 Å². The average Bonchev–Trinajstić information content (AvgIpc) is 3.16. The predicted octanol–water partition coefficient (Wildman–Crippen LogP) is 3.77. The van der Waals surface area contributed by atoms with Crippen molar-refractivity contribution < 1.29 is 33.1 Å². The number of ether oxygens (including phenoxy) is 3. The zero-order valence-corrected chi connectivity index (χ0v) is 19.2. The lowest BCUT2D eigenvalue weighted by Gasteiger charge is -2.32. The maximum Gasteiger partial charge on any atom is 0.492 e. The maximum atomic E-state index is 12.2. The van der Waals surface area contributed by atoms with Gasteiger partial charge in [-0.1, -0.05) is 6.08 Å². The smallest absolute Gasteiger partial charge is 0.454 e. The minimum Gasteiger partial charge on any atom is -0.454 e. The number of alkyl carbamates (subject to hydrolysis) is 1. The minimum absolute atomic E-state index is 0.102. The molecule has 2 aliphatic rings. The lowest BCUT2D eigenvalue weighted by Crippen LogP contribution is -2.41. The van der Waals surface area contributed by atoms with Crippen LogP contribution in [0.1, 0.15) is 64.4 Å². The van der Waals surface area contributed by atoms with Gasteiger partial charge in [0.1, 0.15) is 5.60 Å². The molecule has 2 heterocycles. The van der Waals surface area contributed by atoms with E-state index < -0.39 is 30.0 Å². The Morgan fingerprint density at radius 3 is 2.16 bits per heavy atom. The number of amides is 1. The van der Waals surface area contributed by atoms with Crippen LogP contribution in [0.3, 0.4) is 0 Å². The van der Waals surface area contributed by atoms with Crippen LogP contribution in [0.5, 0.6) is 11.5 Å². The van der Waals surface area contributed by atoms with Gasteiger partial charge in [0.2, 0.25) is 6.79 Å². The van der Waals surface area contributed by atoms with Gasteiger partial charge in [0.15, 0.2) is 17.8 Å². The van der Waals surface area contributed by atoms with E-state index in [0.29, 0.717) is 28.1 Å². The molecule has 0 saturated carbocycles. The van der Waals surface area contributed by atoms with Gasteiger partial charge in [-0.25, -0.2) is 4.79 Å². The van der Waals surface area contributed by atoms with Crippen molar-refractivity contribution in [2.75, 3.05) is 13.3 Å². The van der Waals surface area contributed by atoms with Gasteiger partial charge in [-0.15, -0.1) is 0 Å². The third-order valence-corrected chi connectivity index (χ3v) is 5.44. The highest BCUT2D eigenvalue weighted by Gasteiger charge is 2.52. The summed E-state index contributed by atoms with van der Waals surface area (Å²) >= 11 is 0. The first kappa shape index (κ1) is 23.2. The summed E-state index contributed by atoms with van der Waals surface area (Å²) in [6.45, 7) is 13.4. The number of nitrogens with one attached hydrogen (secondary N) is 1. The maximum absolute atomic E-state index is 12.2. The molecule has 1 saturated heterocycles. The second kappa shape index (κ2) is 8.20. The molecule has 0 bridgehead atoms. The van der Waals surface area contributed by atoms with Crippen molar-refractivity contribution in [2.24, 2.45) is 0 Å². The first-order valence-electron chi connectivity index (χ1n) is 10.2. The molecule has 0 spiro atoms. The summed E-state index contributed by atoms with van der Waals surface area (Å²) in [4.78, 5) is 23.9. The molecule has 0 aliphatic carbocycles. The molecule has 1 aromatic carbocycles. The molecule has 1 amide bonds. The Morgan fingerprint density at radius 2 is 1.65 bits per heavy atom. The van der Waals surface area contributed by atoms with Crippen LogP contribution in [-0.2, 0) is 14.0 Å². The molecular formula is C22H30BNO7. The predicted molar refractivity (Wildman–Crippen MR) is 116 cm³/mol. The molecule has 0 radical (unpaired) electrons. The number of rotatable bonds is 5. The fraction of sp³-hybridized carbons (Fsp3) is 0.545. The van der Waals surface area contributed by atoms with Crippen molar-refractivity contribution in [2.45, 2.75) is 65.3 Å². The monoisotopic (exact) mass is 431 g/mol. The van der Waals surface area contributed by atoms with E-state index in [9.17, 15) is 9.59 Å². The summed E-state index contributed by atoms with van der Waals surface area (Å²) in [5, 5.41) is 2.75. The number of aldehydes is 1.